The molecule has 0 saturated carbocycles. The van der Waals surface area contributed by atoms with Gasteiger partial charge in [-0.15, -0.1) is 0 Å². The first-order chi connectivity index (χ1) is 12.2. The number of hydrogen-bond donors (Lipinski definition) is 2. The summed E-state index contributed by atoms with van der Waals surface area (Å²) in [4.78, 5) is 0. The van der Waals surface area contributed by atoms with Crippen LogP contribution in [0, 0.1) is 6.92 Å². The van der Waals surface area contributed by atoms with E-state index in [2.05, 4.69) is 87.7 Å². The Morgan fingerprint density at radius 2 is 1.85 bits per heavy atom. The van der Waals surface area contributed by atoms with Gasteiger partial charge in [-0.2, -0.15) is 0 Å². The van der Waals surface area contributed by atoms with Crippen molar-refractivity contribution in [2.75, 3.05) is 5.32 Å². The van der Waals surface area contributed by atoms with E-state index in [-0.39, 0.29) is 11.6 Å². The van der Waals surface area contributed by atoms with Crippen molar-refractivity contribution in [1.29, 1.82) is 0 Å². The van der Waals surface area contributed by atoms with E-state index in [4.69, 9.17) is 17.0 Å². The lowest BCUT2D eigenvalue weighted by molar-refractivity contribution is 0.0696. The molecule has 4 heteroatoms. The number of thiocarbonyl (C=S) groups is 1. The van der Waals surface area contributed by atoms with E-state index >= 15 is 0 Å². The van der Waals surface area contributed by atoms with Crippen molar-refractivity contribution in [3.8, 4) is 5.75 Å². The van der Waals surface area contributed by atoms with Crippen LogP contribution in [-0.4, -0.2) is 10.7 Å². The second-order valence-electron chi connectivity index (χ2n) is 8.03. The molecule has 2 aromatic carbocycles. The lowest BCUT2D eigenvalue weighted by Crippen LogP contribution is -2.42. The molecule has 1 heterocycles. The minimum atomic E-state index is -0.229. The minimum Gasteiger partial charge on any atom is -0.487 e. The van der Waals surface area contributed by atoms with Crippen LogP contribution in [-0.2, 0) is 0 Å². The molecule has 3 rings (SSSR count). The third kappa shape index (κ3) is 4.36. The van der Waals surface area contributed by atoms with Crippen molar-refractivity contribution in [2.24, 2.45) is 0 Å². The number of benzene rings is 2. The number of fused-ring (bicyclic) bond motifs is 1. The van der Waals surface area contributed by atoms with Crippen LogP contribution in [0.15, 0.2) is 42.5 Å². The van der Waals surface area contributed by atoms with Crippen molar-refractivity contribution in [1.82, 2.24) is 5.32 Å². The Morgan fingerprint density at radius 1 is 1.15 bits per heavy atom. The molecule has 138 valence electrons. The van der Waals surface area contributed by atoms with E-state index in [1.54, 1.807) is 0 Å². The maximum Gasteiger partial charge on any atom is 0.171 e. The van der Waals surface area contributed by atoms with Gasteiger partial charge >= 0.3 is 0 Å². The molecule has 0 amide bonds. The largest absolute Gasteiger partial charge is 0.487 e. The molecule has 0 bridgehead atoms. The maximum atomic E-state index is 6.16. The predicted octanol–water partition coefficient (Wildman–Crippen LogP) is 5.71. The summed E-state index contributed by atoms with van der Waals surface area (Å²) in [6.07, 6.45) is 0.858. The second kappa shape index (κ2) is 7.28. The SMILES string of the molecule is Cc1ccc2c(c1)OC(C)(C)C[C@@H]2NC(=S)Nc1ccc(C(C)C)cc1. The van der Waals surface area contributed by atoms with Gasteiger partial charge < -0.3 is 15.4 Å². The van der Waals surface area contributed by atoms with Gasteiger partial charge in [0.25, 0.3) is 0 Å². The number of nitrogens with one attached hydrogen (secondary N) is 2. The summed E-state index contributed by atoms with van der Waals surface area (Å²) >= 11 is 5.57. The standard InChI is InChI=1S/C22H28N2OS/c1-14(2)16-7-9-17(10-8-16)23-21(26)24-19-13-22(4,5)25-20-12-15(3)6-11-18(19)20/h6-12,14,19H,13H2,1-5H3,(H2,23,24,26)/t19-/m0/s1. The van der Waals surface area contributed by atoms with Crippen molar-refractivity contribution in [3.63, 3.8) is 0 Å². The molecule has 0 fully saturated rings. The molecule has 0 spiro atoms. The zero-order valence-corrected chi connectivity index (χ0v) is 17.0. The maximum absolute atomic E-state index is 6.16. The fraction of sp³-hybridized carbons (Fsp3) is 0.409. The molecule has 3 nitrogen and oxygen atoms in total. The highest BCUT2D eigenvalue weighted by molar-refractivity contribution is 7.80. The molecule has 1 aliphatic heterocycles. The van der Waals surface area contributed by atoms with Crippen LogP contribution in [0.1, 0.15) is 62.8 Å². The lowest BCUT2D eigenvalue weighted by Gasteiger charge is -2.38. The zero-order chi connectivity index (χ0) is 18.9. The summed E-state index contributed by atoms with van der Waals surface area (Å²) in [5.74, 6) is 1.47. The minimum absolute atomic E-state index is 0.129. The lowest BCUT2D eigenvalue weighted by atomic mass is 9.89. The molecule has 0 unspecified atom stereocenters. The third-order valence-corrected chi connectivity index (χ3v) is 4.99. The summed E-state index contributed by atoms with van der Waals surface area (Å²) in [5, 5.41) is 7.42. The molecule has 2 aromatic rings. The van der Waals surface area contributed by atoms with Gasteiger partial charge in [0, 0.05) is 17.7 Å². The van der Waals surface area contributed by atoms with Crippen LogP contribution < -0.4 is 15.4 Å². The van der Waals surface area contributed by atoms with Crippen LogP contribution in [0.5, 0.6) is 5.75 Å². The van der Waals surface area contributed by atoms with Gasteiger partial charge in [0.1, 0.15) is 11.4 Å². The van der Waals surface area contributed by atoms with Crippen LogP contribution >= 0.6 is 12.2 Å². The van der Waals surface area contributed by atoms with Gasteiger partial charge in [-0.3, -0.25) is 0 Å². The predicted molar refractivity (Wildman–Crippen MR) is 113 cm³/mol. The smallest absolute Gasteiger partial charge is 0.171 e. The first kappa shape index (κ1) is 18.7. The topological polar surface area (TPSA) is 33.3 Å². The Labute approximate surface area is 162 Å². The molecule has 26 heavy (non-hydrogen) atoms. The Hall–Kier alpha value is -2.07. The van der Waals surface area contributed by atoms with Crippen molar-refractivity contribution < 1.29 is 4.74 Å². The fourth-order valence-corrected chi connectivity index (χ4v) is 3.62. The Morgan fingerprint density at radius 3 is 2.50 bits per heavy atom. The van der Waals surface area contributed by atoms with Crippen LogP contribution in [0.3, 0.4) is 0 Å². The normalized spacial score (nSPS) is 18.0. The van der Waals surface area contributed by atoms with Gasteiger partial charge in [-0.25, -0.2) is 0 Å². The Balaban J connectivity index is 1.72. The van der Waals surface area contributed by atoms with E-state index in [9.17, 15) is 0 Å². The highest BCUT2D eigenvalue weighted by atomic mass is 32.1. The average Bonchev–Trinajstić information content (AvgIpc) is 2.53. The van der Waals surface area contributed by atoms with E-state index in [0.717, 1.165) is 23.4 Å². The highest BCUT2D eigenvalue weighted by Gasteiger charge is 2.34. The Bertz CT molecular complexity index is 796. The molecule has 2 N–H and O–H groups in total. The Kier molecular flexibility index (Phi) is 5.24. The molecule has 0 aliphatic carbocycles. The highest BCUT2D eigenvalue weighted by Crippen LogP contribution is 2.39. The third-order valence-electron chi connectivity index (χ3n) is 4.77. The molecule has 0 aromatic heterocycles. The first-order valence-corrected chi connectivity index (χ1v) is 9.61. The van der Waals surface area contributed by atoms with E-state index in [1.165, 1.54) is 11.1 Å². The van der Waals surface area contributed by atoms with Gasteiger partial charge in [0.05, 0.1) is 6.04 Å². The van der Waals surface area contributed by atoms with Crippen LogP contribution in [0.4, 0.5) is 5.69 Å². The van der Waals surface area contributed by atoms with Gasteiger partial charge in [-0.1, -0.05) is 38.1 Å². The number of ether oxygens (including phenoxy) is 1. The molecule has 1 aliphatic rings. The second-order valence-corrected chi connectivity index (χ2v) is 8.44. The summed E-state index contributed by atoms with van der Waals surface area (Å²) in [5.41, 5.74) is 4.46. The molecule has 0 radical (unpaired) electrons. The van der Waals surface area contributed by atoms with Crippen molar-refractivity contribution in [2.45, 2.75) is 58.6 Å². The van der Waals surface area contributed by atoms with Crippen molar-refractivity contribution >= 4 is 23.0 Å². The summed E-state index contributed by atoms with van der Waals surface area (Å²) in [6, 6.07) is 14.9. The molecular weight excluding hydrogens is 340 g/mol. The monoisotopic (exact) mass is 368 g/mol. The van der Waals surface area contributed by atoms with Gasteiger partial charge in [-0.05, 0) is 68.2 Å². The zero-order valence-electron chi connectivity index (χ0n) is 16.2. The quantitative estimate of drug-likeness (QED) is 0.680. The van der Waals surface area contributed by atoms with Gasteiger partial charge in [0.15, 0.2) is 5.11 Å². The summed E-state index contributed by atoms with van der Waals surface area (Å²) < 4.78 is 6.16. The first-order valence-electron chi connectivity index (χ1n) is 9.20. The number of anilines is 1. The number of rotatable bonds is 3. The van der Waals surface area contributed by atoms with Gasteiger partial charge in [0.2, 0.25) is 0 Å². The van der Waals surface area contributed by atoms with Crippen molar-refractivity contribution in [3.05, 3.63) is 59.2 Å². The molecule has 0 saturated heterocycles. The van der Waals surface area contributed by atoms with Crippen LogP contribution in [0.25, 0.3) is 0 Å². The number of aryl methyl sites for hydroxylation is 1. The summed E-state index contributed by atoms with van der Waals surface area (Å²) in [7, 11) is 0. The fourth-order valence-electron chi connectivity index (χ4n) is 3.36. The molecular formula is C22H28N2OS. The average molecular weight is 369 g/mol. The van der Waals surface area contributed by atoms with Crippen LogP contribution in [0.2, 0.25) is 0 Å². The van der Waals surface area contributed by atoms with E-state index in [1.807, 2.05) is 0 Å². The van der Waals surface area contributed by atoms with E-state index in [0.29, 0.717) is 11.0 Å². The molecule has 1 atom stereocenters. The van der Waals surface area contributed by atoms with E-state index < -0.39 is 0 Å². The summed E-state index contributed by atoms with van der Waals surface area (Å²) in [6.45, 7) is 10.7. The number of hydrogen-bond acceptors (Lipinski definition) is 2.